The number of carbonyl (C=O) groups excluding carboxylic acids is 2. The zero-order valence-electron chi connectivity index (χ0n) is 9.63. The highest BCUT2D eigenvalue weighted by Gasteiger charge is 2.12. The highest BCUT2D eigenvalue weighted by atomic mass is 35.5. The van der Waals surface area contributed by atoms with Crippen LogP contribution >= 0.6 is 11.6 Å². The van der Waals surface area contributed by atoms with E-state index in [1.54, 1.807) is 12.1 Å². The Bertz CT molecular complexity index is 390. The van der Waals surface area contributed by atoms with Gasteiger partial charge in [0.25, 0.3) is 0 Å². The zero-order chi connectivity index (χ0) is 12.7. The average molecular weight is 255 g/mol. The van der Waals surface area contributed by atoms with Crippen LogP contribution in [0, 0.1) is 6.92 Å². The number of halogens is 1. The van der Waals surface area contributed by atoms with Gasteiger partial charge in [-0.25, -0.2) is 0 Å². The van der Waals surface area contributed by atoms with Gasteiger partial charge in [0, 0.05) is 18.1 Å². The molecule has 17 heavy (non-hydrogen) atoms. The first-order valence-electron chi connectivity index (χ1n) is 5.35. The van der Waals surface area contributed by atoms with Crippen molar-refractivity contribution in [3.8, 4) is 0 Å². The van der Waals surface area contributed by atoms with Crippen LogP contribution < -0.4 is 10.6 Å². The van der Waals surface area contributed by atoms with E-state index in [9.17, 15) is 9.59 Å². The normalized spacial score (nSPS) is 9.76. The summed E-state index contributed by atoms with van der Waals surface area (Å²) >= 11 is 5.46. The van der Waals surface area contributed by atoms with Crippen molar-refractivity contribution in [2.75, 3.05) is 17.7 Å². The van der Waals surface area contributed by atoms with Gasteiger partial charge < -0.3 is 10.6 Å². The van der Waals surface area contributed by atoms with Crippen LogP contribution in [0.4, 0.5) is 5.69 Å². The summed E-state index contributed by atoms with van der Waals surface area (Å²) in [5.41, 5.74) is 1.70. The van der Waals surface area contributed by atoms with Crippen LogP contribution in [0.5, 0.6) is 0 Å². The minimum Gasteiger partial charge on any atom is -0.348 e. The molecule has 2 amide bonds. The van der Waals surface area contributed by atoms with E-state index in [2.05, 4.69) is 10.6 Å². The van der Waals surface area contributed by atoms with E-state index in [-0.39, 0.29) is 0 Å². The number of alkyl halides is 1. The molecule has 92 valence electrons. The average Bonchev–Trinajstić information content (AvgIpc) is 2.32. The Kier molecular flexibility index (Phi) is 5.49. The molecule has 4 nitrogen and oxygen atoms in total. The molecule has 0 bridgehead atoms. The molecule has 0 fully saturated rings. The second-order valence-corrected chi connectivity index (χ2v) is 4.00. The molecule has 0 radical (unpaired) electrons. The minimum atomic E-state index is -0.663. The Balaban J connectivity index is 2.43. The summed E-state index contributed by atoms with van der Waals surface area (Å²) in [5.74, 6) is -0.848. The third-order valence-corrected chi connectivity index (χ3v) is 2.38. The van der Waals surface area contributed by atoms with Gasteiger partial charge in [-0.15, -0.1) is 11.6 Å². The second-order valence-electron chi connectivity index (χ2n) is 3.62. The number of aryl methyl sites for hydroxylation is 1. The van der Waals surface area contributed by atoms with Gasteiger partial charge >= 0.3 is 11.8 Å². The van der Waals surface area contributed by atoms with Crippen LogP contribution in [-0.4, -0.2) is 24.2 Å². The Morgan fingerprint density at radius 2 is 1.82 bits per heavy atom. The molecule has 0 aliphatic heterocycles. The highest BCUT2D eigenvalue weighted by molar-refractivity contribution is 6.39. The lowest BCUT2D eigenvalue weighted by Crippen LogP contribution is -2.36. The van der Waals surface area contributed by atoms with E-state index in [0.29, 0.717) is 24.5 Å². The van der Waals surface area contributed by atoms with Crippen molar-refractivity contribution in [1.82, 2.24) is 5.32 Å². The molecule has 1 aromatic carbocycles. The minimum absolute atomic E-state index is 0.406. The number of hydrogen-bond donors (Lipinski definition) is 2. The summed E-state index contributed by atoms with van der Waals surface area (Å²) in [6.07, 6.45) is 0.644. The molecule has 1 rings (SSSR count). The van der Waals surface area contributed by atoms with Gasteiger partial charge in [-0.2, -0.15) is 0 Å². The molecular formula is C12H15ClN2O2. The standard InChI is InChI=1S/C12H15ClN2O2/c1-9-3-5-10(6-4-9)15-12(17)11(16)14-8-2-7-13/h3-6H,2,7-8H2,1H3,(H,14,16)(H,15,17). The predicted molar refractivity (Wildman–Crippen MR) is 68.2 cm³/mol. The van der Waals surface area contributed by atoms with Crippen LogP contribution in [0.15, 0.2) is 24.3 Å². The molecule has 2 N–H and O–H groups in total. The number of benzene rings is 1. The van der Waals surface area contributed by atoms with Crippen LogP contribution in [0.2, 0.25) is 0 Å². The van der Waals surface area contributed by atoms with Crippen molar-refractivity contribution in [3.05, 3.63) is 29.8 Å². The van der Waals surface area contributed by atoms with E-state index in [0.717, 1.165) is 5.56 Å². The Morgan fingerprint density at radius 3 is 2.41 bits per heavy atom. The summed E-state index contributed by atoms with van der Waals surface area (Å²) in [6.45, 7) is 2.36. The third-order valence-electron chi connectivity index (χ3n) is 2.11. The first-order chi connectivity index (χ1) is 8.13. The van der Waals surface area contributed by atoms with E-state index >= 15 is 0 Å². The molecule has 0 aliphatic rings. The van der Waals surface area contributed by atoms with E-state index in [4.69, 9.17) is 11.6 Å². The van der Waals surface area contributed by atoms with Crippen LogP contribution in [0.25, 0.3) is 0 Å². The molecule has 0 aromatic heterocycles. The van der Waals surface area contributed by atoms with Crippen molar-refractivity contribution in [1.29, 1.82) is 0 Å². The monoisotopic (exact) mass is 254 g/mol. The topological polar surface area (TPSA) is 58.2 Å². The molecule has 0 aliphatic carbocycles. The number of amides is 2. The van der Waals surface area contributed by atoms with Crippen LogP contribution in [0.1, 0.15) is 12.0 Å². The SMILES string of the molecule is Cc1ccc(NC(=O)C(=O)NCCCCl)cc1. The Labute approximate surface area is 105 Å². The molecular weight excluding hydrogens is 240 g/mol. The van der Waals surface area contributed by atoms with Gasteiger partial charge in [0.05, 0.1) is 0 Å². The molecule has 0 heterocycles. The number of anilines is 1. The maximum Gasteiger partial charge on any atom is 0.313 e. The number of rotatable bonds is 4. The van der Waals surface area contributed by atoms with Crippen molar-refractivity contribution < 1.29 is 9.59 Å². The number of nitrogens with one attached hydrogen (secondary N) is 2. The first-order valence-corrected chi connectivity index (χ1v) is 5.88. The van der Waals surface area contributed by atoms with Gasteiger partial charge in [0.2, 0.25) is 0 Å². The van der Waals surface area contributed by atoms with Crippen molar-refractivity contribution in [2.24, 2.45) is 0 Å². The van der Waals surface area contributed by atoms with Gasteiger partial charge in [0.15, 0.2) is 0 Å². The summed E-state index contributed by atoms with van der Waals surface area (Å²) in [4.78, 5) is 22.8. The second kappa shape index (κ2) is 6.91. The molecule has 5 heteroatoms. The van der Waals surface area contributed by atoms with Crippen LogP contribution in [-0.2, 0) is 9.59 Å². The Morgan fingerprint density at radius 1 is 1.18 bits per heavy atom. The fraction of sp³-hybridized carbons (Fsp3) is 0.333. The van der Waals surface area contributed by atoms with Crippen molar-refractivity contribution in [3.63, 3.8) is 0 Å². The molecule has 0 unspecified atom stereocenters. The number of carbonyl (C=O) groups is 2. The van der Waals surface area contributed by atoms with Crippen molar-refractivity contribution in [2.45, 2.75) is 13.3 Å². The lowest BCUT2D eigenvalue weighted by molar-refractivity contribution is -0.136. The zero-order valence-corrected chi connectivity index (χ0v) is 10.4. The lowest BCUT2D eigenvalue weighted by Gasteiger charge is -2.05. The van der Waals surface area contributed by atoms with E-state index in [1.807, 2.05) is 19.1 Å². The maximum atomic E-state index is 11.4. The van der Waals surface area contributed by atoms with Gasteiger partial charge in [-0.3, -0.25) is 9.59 Å². The molecule has 0 spiro atoms. The van der Waals surface area contributed by atoms with Crippen LogP contribution in [0.3, 0.4) is 0 Å². The lowest BCUT2D eigenvalue weighted by atomic mass is 10.2. The fourth-order valence-electron chi connectivity index (χ4n) is 1.17. The maximum absolute atomic E-state index is 11.4. The van der Waals surface area contributed by atoms with E-state index < -0.39 is 11.8 Å². The molecule has 0 atom stereocenters. The summed E-state index contributed by atoms with van der Waals surface area (Å²) in [5, 5.41) is 4.99. The fourth-order valence-corrected chi connectivity index (χ4v) is 1.31. The quantitative estimate of drug-likeness (QED) is 0.488. The third kappa shape index (κ3) is 4.87. The number of hydrogen-bond acceptors (Lipinski definition) is 2. The van der Waals surface area contributed by atoms with E-state index in [1.165, 1.54) is 0 Å². The first kappa shape index (κ1) is 13.5. The smallest absolute Gasteiger partial charge is 0.313 e. The van der Waals surface area contributed by atoms with Crippen molar-refractivity contribution >= 4 is 29.1 Å². The molecule has 1 aromatic rings. The van der Waals surface area contributed by atoms with Gasteiger partial charge in [0.1, 0.15) is 0 Å². The largest absolute Gasteiger partial charge is 0.348 e. The highest BCUT2D eigenvalue weighted by Crippen LogP contribution is 2.08. The molecule has 0 saturated heterocycles. The summed E-state index contributed by atoms with van der Waals surface area (Å²) < 4.78 is 0. The Hall–Kier alpha value is -1.55. The molecule has 0 saturated carbocycles. The summed E-state index contributed by atoms with van der Waals surface area (Å²) in [7, 11) is 0. The van der Waals surface area contributed by atoms with Gasteiger partial charge in [-0.05, 0) is 25.5 Å². The summed E-state index contributed by atoms with van der Waals surface area (Å²) in [6, 6.07) is 7.22. The van der Waals surface area contributed by atoms with Gasteiger partial charge in [-0.1, -0.05) is 17.7 Å². The predicted octanol–water partition coefficient (Wildman–Crippen LogP) is 1.68.